The van der Waals surface area contributed by atoms with Crippen LogP contribution in [0.25, 0.3) is 0 Å². The van der Waals surface area contributed by atoms with E-state index in [0.717, 1.165) is 35.9 Å². The SMILES string of the molecule is COCC1CCN(c2cc(Br)nc(C)n2)C1. The summed E-state index contributed by atoms with van der Waals surface area (Å²) < 4.78 is 6.04. The molecule has 5 heteroatoms. The minimum Gasteiger partial charge on any atom is -0.384 e. The first-order valence-corrected chi connectivity index (χ1v) is 6.23. The second-order valence-electron chi connectivity index (χ2n) is 4.15. The van der Waals surface area contributed by atoms with Gasteiger partial charge in [-0.15, -0.1) is 0 Å². The monoisotopic (exact) mass is 285 g/mol. The van der Waals surface area contributed by atoms with E-state index in [9.17, 15) is 0 Å². The van der Waals surface area contributed by atoms with Crippen molar-refractivity contribution in [3.05, 3.63) is 16.5 Å². The van der Waals surface area contributed by atoms with Gasteiger partial charge in [0.25, 0.3) is 0 Å². The van der Waals surface area contributed by atoms with Gasteiger partial charge in [0.05, 0.1) is 6.61 Å². The number of ether oxygens (including phenoxy) is 1. The smallest absolute Gasteiger partial charge is 0.133 e. The van der Waals surface area contributed by atoms with Crippen molar-refractivity contribution in [1.82, 2.24) is 9.97 Å². The number of hydrogen-bond acceptors (Lipinski definition) is 4. The molecule has 0 aliphatic carbocycles. The van der Waals surface area contributed by atoms with E-state index in [2.05, 4.69) is 30.8 Å². The second kappa shape index (κ2) is 5.10. The number of halogens is 1. The molecule has 0 bridgehead atoms. The number of anilines is 1. The zero-order valence-electron chi connectivity index (χ0n) is 9.61. The lowest BCUT2D eigenvalue weighted by molar-refractivity contribution is 0.161. The summed E-state index contributed by atoms with van der Waals surface area (Å²) in [4.78, 5) is 11.0. The first-order chi connectivity index (χ1) is 7.69. The standard InChI is InChI=1S/C11H16BrN3O/c1-8-13-10(12)5-11(14-8)15-4-3-9(6-15)7-16-2/h5,9H,3-4,6-7H2,1-2H3. The third-order valence-electron chi connectivity index (χ3n) is 2.81. The molecule has 1 unspecified atom stereocenters. The van der Waals surface area contributed by atoms with E-state index < -0.39 is 0 Å². The van der Waals surface area contributed by atoms with Crippen molar-refractivity contribution in [2.75, 3.05) is 31.7 Å². The number of methoxy groups -OCH3 is 1. The van der Waals surface area contributed by atoms with E-state index in [-0.39, 0.29) is 0 Å². The van der Waals surface area contributed by atoms with Crippen LogP contribution in [-0.2, 0) is 4.74 Å². The molecule has 0 saturated carbocycles. The lowest BCUT2D eigenvalue weighted by Gasteiger charge is -2.17. The van der Waals surface area contributed by atoms with Gasteiger partial charge in [-0.2, -0.15) is 0 Å². The van der Waals surface area contributed by atoms with Gasteiger partial charge in [-0.05, 0) is 29.3 Å². The first-order valence-electron chi connectivity index (χ1n) is 5.44. The Balaban J connectivity index is 2.08. The molecule has 1 saturated heterocycles. The lowest BCUT2D eigenvalue weighted by atomic mass is 10.1. The molecule has 0 N–H and O–H groups in total. The highest BCUT2D eigenvalue weighted by atomic mass is 79.9. The summed E-state index contributed by atoms with van der Waals surface area (Å²) in [6.07, 6.45) is 1.18. The van der Waals surface area contributed by atoms with Crippen LogP contribution in [0.5, 0.6) is 0 Å². The van der Waals surface area contributed by atoms with Crippen LogP contribution in [0.2, 0.25) is 0 Å². The molecule has 1 aromatic rings. The molecule has 0 radical (unpaired) electrons. The quantitative estimate of drug-likeness (QED) is 0.797. The fourth-order valence-electron chi connectivity index (χ4n) is 2.09. The Morgan fingerprint density at radius 1 is 1.56 bits per heavy atom. The maximum Gasteiger partial charge on any atom is 0.133 e. The third kappa shape index (κ3) is 2.71. The van der Waals surface area contributed by atoms with Gasteiger partial charge in [0.2, 0.25) is 0 Å². The number of hydrogen-bond donors (Lipinski definition) is 0. The molecule has 88 valence electrons. The van der Waals surface area contributed by atoms with Crippen molar-refractivity contribution in [2.24, 2.45) is 5.92 Å². The van der Waals surface area contributed by atoms with Crippen LogP contribution in [-0.4, -0.2) is 36.8 Å². The maximum atomic E-state index is 5.19. The summed E-state index contributed by atoms with van der Waals surface area (Å²) >= 11 is 3.40. The first kappa shape index (κ1) is 11.8. The number of nitrogens with zero attached hydrogens (tertiary/aromatic N) is 3. The van der Waals surface area contributed by atoms with Crippen molar-refractivity contribution in [3.63, 3.8) is 0 Å². The Labute approximate surface area is 104 Å². The van der Waals surface area contributed by atoms with Gasteiger partial charge in [-0.3, -0.25) is 0 Å². The highest BCUT2D eigenvalue weighted by Gasteiger charge is 2.23. The van der Waals surface area contributed by atoms with Crippen molar-refractivity contribution >= 4 is 21.7 Å². The average Bonchev–Trinajstić information content (AvgIpc) is 2.65. The molecule has 1 aliphatic heterocycles. The van der Waals surface area contributed by atoms with Gasteiger partial charge in [-0.1, -0.05) is 0 Å². The molecule has 2 rings (SSSR count). The summed E-state index contributed by atoms with van der Waals surface area (Å²) in [5.41, 5.74) is 0. The third-order valence-corrected chi connectivity index (χ3v) is 3.21. The van der Waals surface area contributed by atoms with Gasteiger partial charge in [0.1, 0.15) is 16.2 Å². The predicted molar refractivity (Wildman–Crippen MR) is 66.7 cm³/mol. The van der Waals surface area contributed by atoms with Gasteiger partial charge >= 0.3 is 0 Å². The highest BCUT2D eigenvalue weighted by molar-refractivity contribution is 9.10. The van der Waals surface area contributed by atoms with E-state index in [4.69, 9.17) is 4.74 Å². The topological polar surface area (TPSA) is 38.2 Å². The Morgan fingerprint density at radius 2 is 2.38 bits per heavy atom. The van der Waals surface area contributed by atoms with Gasteiger partial charge < -0.3 is 9.64 Å². The van der Waals surface area contributed by atoms with Crippen LogP contribution in [0.3, 0.4) is 0 Å². The van der Waals surface area contributed by atoms with Crippen molar-refractivity contribution in [1.29, 1.82) is 0 Å². The van der Waals surface area contributed by atoms with Crippen molar-refractivity contribution < 1.29 is 4.74 Å². The second-order valence-corrected chi connectivity index (χ2v) is 4.96. The fourth-order valence-corrected chi connectivity index (χ4v) is 2.55. The van der Waals surface area contributed by atoms with Crippen LogP contribution in [0, 0.1) is 12.8 Å². The largest absolute Gasteiger partial charge is 0.384 e. The molecule has 1 atom stereocenters. The minimum atomic E-state index is 0.624. The predicted octanol–water partition coefficient (Wildman–Crippen LogP) is 2.02. The molecule has 16 heavy (non-hydrogen) atoms. The van der Waals surface area contributed by atoms with Crippen LogP contribution >= 0.6 is 15.9 Å². The van der Waals surface area contributed by atoms with Crippen molar-refractivity contribution in [3.8, 4) is 0 Å². The molecular weight excluding hydrogens is 270 g/mol. The molecule has 1 aliphatic rings. The zero-order valence-corrected chi connectivity index (χ0v) is 11.2. The van der Waals surface area contributed by atoms with E-state index in [1.54, 1.807) is 7.11 Å². The Morgan fingerprint density at radius 3 is 3.06 bits per heavy atom. The molecular formula is C11H16BrN3O. The molecule has 4 nitrogen and oxygen atoms in total. The molecule has 0 amide bonds. The summed E-state index contributed by atoms with van der Waals surface area (Å²) in [7, 11) is 1.76. The van der Waals surface area contributed by atoms with Gasteiger partial charge in [0, 0.05) is 32.2 Å². The summed E-state index contributed by atoms with van der Waals surface area (Å²) in [6.45, 7) is 4.83. The lowest BCUT2D eigenvalue weighted by Crippen LogP contribution is -2.22. The molecule has 2 heterocycles. The maximum absolute atomic E-state index is 5.19. The number of aryl methyl sites for hydroxylation is 1. The van der Waals surface area contributed by atoms with E-state index >= 15 is 0 Å². The van der Waals surface area contributed by atoms with Crippen LogP contribution < -0.4 is 4.90 Å². The molecule has 1 fully saturated rings. The molecule has 0 aromatic carbocycles. The molecule has 0 spiro atoms. The summed E-state index contributed by atoms with van der Waals surface area (Å²) in [5.74, 6) is 2.44. The number of aromatic nitrogens is 2. The zero-order chi connectivity index (χ0) is 11.5. The van der Waals surface area contributed by atoms with E-state index in [1.807, 2.05) is 13.0 Å². The van der Waals surface area contributed by atoms with Crippen LogP contribution in [0.15, 0.2) is 10.7 Å². The Kier molecular flexibility index (Phi) is 3.76. The highest BCUT2D eigenvalue weighted by Crippen LogP contribution is 2.24. The fraction of sp³-hybridized carbons (Fsp3) is 0.636. The summed E-state index contributed by atoms with van der Waals surface area (Å²) in [6, 6.07) is 1.97. The minimum absolute atomic E-state index is 0.624. The Hall–Kier alpha value is -0.680. The number of rotatable bonds is 3. The van der Waals surface area contributed by atoms with Gasteiger partial charge in [0.15, 0.2) is 0 Å². The normalized spacial score (nSPS) is 20.4. The van der Waals surface area contributed by atoms with Crippen LogP contribution in [0.4, 0.5) is 5.82 Å². The summed E-state index contributed by atoms with van der Waals surface area (Å²) in [5, 5.41) is 0. The van der Waals surface area contributed by atoms with Crippen molar-refractivity contribution in [2.45, 2.75) is 13.3 Å². The Bertz CT molecular complexity index is 352. The van der Waals surface area contributed by atoms with E-state index in [0.29, 0.717) is 5.92 Å². The van der Waals surface area contributed by atoms with Crippen LogP contribution in [0.1, 0.15) is 12.2 Å². The average molecular weight is 286 g/mol. The van der Waals surface area contributed by atoms with Gasteiger partial charge in [-0.25, -0.2) is 9.97 Å². The van der Waals surface area contributed by atoms with E-state index in [1.165, 1.54) is 6.42 Å². The molecule has 1 aromatic heterocycles.